The van der Waals surface area contributed by atoms with Crippen LogP contribution in [0.5, 0.6) is 0 Å². The van der Waals surface area contributed by atoms with E-state index < -0.39 is 4.92 Å². The minimum atomic E-state index is -0.491. The second-order valence-electron chi connectivity index (χ2n) is 5.19. The maximum Gasteiger partial charge on any atom is 0.292 e. The van der Waals surface area contributed by atoms with Crippen LogP contribution in [0.4, 0.5) is 11.4 Å². The molecule has 21 heavy (non-hydrogen) atoms. The third kappa shape index (κ3) is 4.16. The van der Waals surface area contributed by atoms with Gasteiger partial charge in [0.1, 0.15) is 5.69 Å². The Labute approximate surface area is 122 Å². The Kier molecular flexibility index (Phi) is 5.10. The zero-order valence-corrected chi connectivity index (χ0v) is 11.6. The van der Waals surface area contributed by atoms with Crippen LogP contribution < -0.4 is 10.6 Å². The fraction of sp³-hybridized carbons (Fsp3) is 0.500. The van der Waals surface area contributed by atoms with Crippen LogP contribution in [0.25, 0.3) is 0 Å². The molecule has 1 fully saturated rings. The first-order chi connectivity index (χ1) is 10.1. The highest BCUT2D eigenvalue weighted by Gasteiger charge is 2.25. The number of benzene rings is 1. The smallest absolute Gasteiger partial charge is 0.292 e. The summed E-state index contributed by atoms with van der Waals surface area (Å²) in [5.74, 6) is -0.132. The highest BCUT2D eigenvalue weighted by Crippen LogP contribution is 2.25. The largest absolute Gasteiger partial charge is 0.393 e. The van der Waals surface area contributed by atoms with Gasteiger partial charge < -0.3 is 15.7 Å². The van der Waals surface area contributed by atoms with Crippen LogP contribution in [-0.4, -0.2) is 35.1 Å². The molecule has 0 bridgehead atoms. The third-order valence-corrected chi connectivity index (χ3v) is 3.72. The molecule has 3 N–H and O–H groups in total. The molecule has 1 saturated carbocycles. The third-order valence-electron chi connectivity index (χ3n) is 3.72. The van der Waals surface area contributed by atoms with Gasteiger partial charge in [-0.2, -0.15) is 0 Å². The van der Waals surface area contributed by atoms with E-state index in [4.69, 9.17) is 0 Å². The van der Waals surface area contributed by atoms with Crippen molar-refractivity contribution in [2.75, 3.05) is 18.4 Å². The molecule has 2 atom stereocenters. The predicted octanol–water partition coefficient (Wildman–Crippen LogP) is 1.28. The number of nitrogens with zero attached hydrogens (tertiary/aromatic N) is 1. The molecule has 1 aromatic carbocycles. The van der Waals surface area contributed by atoms with Crippen LogP contribution in [0.15, 0.2) is 24.3 Å². The van der Waals surface area contributed by atoms with Crippen LogP contribution in [0, 0.1) is 16.0 Å². The molecule has 1 amide bonds. The van der Waals surface area contributed by atoms with E-state index in [9.17, 15) is 20.0 Å². The number of rotatable bonds is 6. The molecule has 7 heteroatoms. The lowest BCUT2D eigenvalue weighted by atomic mass is 10.1. The van der Waals surface area contributed by atoms with Crippen molar-refractivity contribution in [3.8, 4) is 0 Å². The molecule has 2 unspecified atom stereocenters. The zero-order chi connectivity index (χ0) is 15.2. The summed E-state index contributed by atoms with van der Waals surface area (Å²) >= 11 is 0. The number of anilines is 1. The van der Waals surface area contributed by atoms with Crippen molar-refractivity contribution in [1.82, 2.24) is 5.32 Å². The van der Waals surface area contributed by atoms with E-state index in [1.807, 2.05) is 0 Å². The first-order valence-corrected chi connectivity index (χ1v) is 7.00. The predicted molar refractivity (Wildman–Crippen MR) is 77.9 cm³/mol. The minimum Gasteiger partial charge on any atom is -0.393 e. The molecule has 0 spiro atoms. The standard InChI is InChI=1S/C14H19N3O4/c18-13-7-3-4-10(13)8-16-14(19)9-15-11-5-1-2-6-12(11)17(20)21/h1-2,5-6,10,13,15,18H,3-4,7-9H2,(H,16,19). The quantitative estimate of drug-likeness (QED) is 0.541. The molecule has 1 aliphatic carbocycles. The van der Waals surface area contributed by atoms with E-state index in [2.05, 4.69) is 10.6 Å². The summed E-state index contributed by atoms with van der Waals surface area (Å²) in [5, 5.41) is 26.0. The number of nitro benzene ring substituents is 1. The lowest BCUT2D eigenvalue weighted by Gasteiger charge is -2.15. The number of amides is 1. The van der Waals surface area contributed by atoms with Gasteiger partial charge >= 0.3 is 0 Å². The maximum absolute atomic E-state index is 11.7. The average Bonchev–Trinajstić information content (AvgIpc) is 2.88. The number of hydrogen-bond donors (Lipinski definition) is 3. The lowest BCUT2D eigenvalue weighted by Crippen LogP contribution is -2.35. The zero-order valence-electron chi connectivity index (χ0n) is 11.6. The normalized spacial score (nSPS) is 21.0. The van der Waals surface area contributed by atoms with E-state index in [1.54, 1.807) is 18.2 Å². The fourth-order valence-electron chi connectivity index (χ4n) is 2.52. The van der Waals surface area contributed by atoms with Crippen molar-refractivity contribution in [3.05, 3.63) is 34.4 Å². The molecule has 114 valence electrons. The van der Waals surface area contributed by atoms with Gasteiger partial charge in [-0.1, -0.05) is 18.6 Å². The molecular formula is C14H19N3O4. The number of carbonyl (C=O) groups excluding carboxylic acids is 1. The summed E-state index contributed by atoms with van der Waals surface area (Å²) in [6, 6.07) is 6.19. The number of nitrogens with one attached hydrogen (secondary N) is 2. The van der Waals surface area contributed by atoms with Crippen LogP contribution >= 0.6 is 0 Å². The Balaban J connectivity index is 1.80. The van der Waals surface area contributed by atoms with Crippen LogP contribution in [0.3, 0.4) is 0 Å². The van der Waals surface area contributed by atoms with Gasteiger partial charge in [0, 0.05) is 18.5 Å². The molecule has 7 nitrogen and oxygen atoms in total. The van der Waals surface area contributed by atoms with Crippen molar-refractivity contribution in [1.29, 1.82) is 0 Å². The topological polar surface area (TPSA) is 104 Å². The number of nitro groups is 1. The number of hydrogen-bond acceptors (Lipinski definition) is 5. The highest BCUT2D eigenvalue weighted by molar-refractivity contribution is 5.81. The second kappa shape index (κ2) is 7.03. The SMILES string of the molecule is O=C(CNc1ccccc1[N+](=O)[O-])NCC1CCCC1O. The Morgan fingerprint density at radius 3 is 2.81 bits per heavy atom. The van der Waals surface area contributed by atoms with Gasteiger partial charge in [0.25, 0.3) is 5.69 Å². The molecule has 2 rings (SSSR count). The lowest BCUT2D eigenvalue weighted by molar-refractivity contribution is -0.383. The van der Waals surface area contributed by atoms with Crippen LogP contribution in [0.1, 0.15) is 19.3 Å². The van der Waals surface area contributed by atoms with Crippen molar-refractivity contribution >= 4 is 17.3 Å². The Morgan fingerprint density at radius 2 is 2.14 bits per heavy atom. The first kappa shape index (κ1) is 15.2. The number of aliphatic hydroxyl groups is 1. The van der Waals surface area contributed by atoms with Crippen molar-refractivity contribution in [2.45, 2.75) is 25.4 Å². The van der Waals surface area contributed by atoms with Crippen LogP contribution in [0.2, 0.25) is 0 Å². The summed E-state index contributed by atoms with van der Waals surface area (Å²) in [7, 11) is 0. The van der Waals surface area contributed by atoms with E-state index in [1.165, 1.54) is 6.07 Å². The highest BCUT2D eigenvalue weighted by atomic mass is 16.6. The van der Waals surface area contributed by atoms with Gasteiger partial charge in [0.15, 0.2) is 0 Å². The molecule has 0 saturated heterocycles. The molecule has 0 aliphatic heterocycles. The summed E-state index contributed by atoms with van der Waals surface area (Å²) in [4.78, 5) is 22.1. The molecule has 0 radical (unpaired) electrons. The summed E-state index contributed by atoms with van der Waals surface area (Å²) in [6.07, 6.45) is 2.35. The summed E-state index contributed by atoms with van der Waals surface area (Å²) in [5.41, 5.74) is 0.259. The monoisotopic (exact) mass is 293 g/mol. The second-order valence-corrected chi connectivity index (χ2v) is 5.19. The van der Waals surface area contributed by atoms with Crippen molar-refractivity contribution in [2.24, 2.45) is 5.92 Å². The van der Waals surface area contributed by atoms with Gasteiger partial charge in [0.2, 0.25) is 5.91 Å². The molecule has 0 heterocycles. The number of para-hydroxylation sites is 2. The van der Waals surface area contributed by atoms with E-state index in [0.29, 0.717) is 12.2 Å². The number of carbonyl (C=O) groups is 1. The van der Waals surface area contributed by atoms with Gasteiger partial charge in [-0.15, -0.1) is 0 Å². The molecular weight excluding hydrogens is 274 g/mol. The Hall–Kier alpha value is -2.15. The van der Waals surface area contributed by atoms with E-state index >= 15 is 0 Å². The molecule has 1 aliphatic rings. The Bertz CT molecular complexity index is 521. The van der Waals surface area contributed by atoms with E-state index in [-0.39, 0.29) is 30.2 Å². The number of aliphatic hydroxyl groups excluding tert-OH is 1. The summed E-state index contributed by atoms with van der Waals surface area (Å²) in [6.45, 7) is 0.409. The van der Waals surface area contributed by atoms with Gasteiger partial charge in [-0.3, -0.25) is 14.9 Å². The fourth-order valence-corrected chi connectivity index (χ4v) is 2.52. The summed E-state index contributed by atoms with van der Waals surface area (Å²) < 4.78 is 0. The van der Waals surface area contributed by atoms with Gasteiger partial charge in [0.05, 0.1) is 17.6 Å². The minimum absolute atomic E-state index is 0.0341. The maximum atomic E-state index is 11.7. The average molecular weight is 293 g/mol. The van der Waals surface area contributed by atoms with Crippen LogP contribution in [-0.2, 0) is 4.79 Å². The van der Waals surface area contributed by atoms with Gasteiger partial charge in [-0.25, -0.2) is 0 Å². The first-order valence-electron chi connectivity index (χ1n) is 7.00. The van der Waals surface area contributed by atoms with Crippen molar-refractivity contribution < 1.29 is 14.8 Å². The molecule has 0 aromatic heterocycles. The Morgan fingerprint density at radius 1 is 1.38 bits per heavy atom. The van der Waals surface area contributed by atoms with Crippen molar-refractivity contribution in [3.63, 3.8) is 0 Å². The van der Waals surface area contributed by atoms with Gasteiger partial charge in [-0.05, 0) is 18.9 Å². The molecule has 1 aromatic rings. The van der Waals surface area contributed by atoms with E-state index in [0.717, 1.165) is 19.3 Å².